The van der Waals surface area contributed by atoms with Gasteiger partial charge in [-0.05, 0) is 77.8 Å². The van der Waals surface area contributed by atoms with Gasteiger partial charge in [-0.25, -0.2) is 0 Å². The summed E-state index contributed by atoms with van der Waals surface area (Å²) in [6, 6.07) is 0.800. The normalized spacial score (nSPS) is 14.0. The highest BCUT2D eigenvalue weighted by atomic mass is 28.5. The predicted octanol–water partition coefficient (Wildman–Crippen LogP) is 5.13. The number of nitrogens with one attached hydrogen (secondary N) is 1. The minimum atomic E-state index is -2.69. The fourth-order valence-electron chi connectivity index (χ4n) is 2.63. The highest BCUT2D eigenvalue weighted by Crippen LogP contribution is 2.26. The van der Waals surface area contributed by atoms with E-state index >= 15 is 0 Å². The molecular weight excluding hydrogens is 411 g/mol. The maximum absolute atomic E-state index is 10.2. The molecule has 27 heavy (non-hydrogen) atoms. The van der Waals surface area contributed by atoms with Crippen LogP contribution in [0.3, 0.4) is 0 Å². The van der Waals surface area contributed by atoms with Crippen LogP contribution in [0, 0.1) is 0 Å². The average Bonchev–Trinajstić information content (AvgIpc) is 2.20. The standard InChI is InChI=1S/C13H37NO5Si4.4CH4/c1-9-11-14-12-10-13-23(8,18-21(4,5)16)19-22(6,7)17-20(2,3)15;;;;/h14-16H,9-13H2,1-8H3;4*1H4/t23-;;;;/m0..../s1. The van der Waals surface area contributed by atoms with E-state index in [-0.39, 0.29) is 29.7 Å². The molecule has 0 aliphatic rings. The molecule has 0 aromatic rings. The zero-order valence-electron chi connectivity index (χ0n) is 16.2. The fraction of sp³-hybridized carbons (Fsp3) is 1.00. The van der Waals surface area contributed by atoms with Gasteiger partial charge in [-0.15, -0.1) is 0 Å². The van der Waals surface area contributed by atoms with Crippen molar-refractivity contribution in [3.63, 3.8) is 0 Å². The van der Waals surface area contributed by atoms with Crippen molar-refractivity contribution in [2.75, 3.05) is 13.1 Å². The second-order valence-corrected chi connectivity index (χ2v) is 21.4. The van der Waals surface area contributed by atoms with E-state index in [4.69, 9.17) is 12.3 Å². The molecule has 172 valence electrons. The van der Waals surface area contributed by atoms with E-state index < -0.39 is 34.2 Å². The Kier molecular flexibility index (Phi) is 21.9. The van der Waals surface area contributed by atoms with Crippen molar-refractivity contribution in [2.45, 2.75) is 101 Å². The Morgan fingerprint density at radius 1 is 0.704 bits per heavy atom. The Morgan fingerprint density at radius 3 is 1.52 bits per heavy atom. The highest BCUT2D eigenvalue weighted by Gasteiger charge is 2.45. The van der Waals surface area contributed by atoms with Gasteiger partial charge in [-0.3, -0.25) is 0 Å². The van der Waals surface area contributed by atoms with Crippen molar-refractivity contribution in [3.05, 3.63) is 0 Å². The monoisotopic (exact) mass is 463 g/mol. The van der Waals surface area contributed by atoms with Gasteiger partial charge >= 0.3 is 34.2 Å². The van der Waals surface area contributed by atoms with Crippen molar-refractivity contribution >= 4 is 34.2 Å². The first-order chi connectivity index (χ1) is 10.2. The third kappa shape index (κ3) is 22.8. The molecule has 0 rings (SSSR count). The van der Waals surface area contributed by atoms with Crippen LogP contribution in [0.25, 0.3) is 0 Å². The molecule has 0 saturated carbocycles. The first kappa shape index (κ1) is 38.3. The molecule has 0 bridgehead atoms. The zero-order valence-corrected chi connectivity index (χ0v) is 20.2. The summed E-state index contributed by atoms with van der Waals surface area (Å²) >= 11 is 0. The third-order valence-corrected chi connectivity index (χ3v) is 15.5. The van der Waals surface area contributed by atoms with E-state index in [1.807, 2.05) is 19.6 Å². The molecule has 10 heteroatoms. The molecule has 0 heterocycles. The van der Waals surface area contributed by atoms with E-state index in [1.165, 1.54) is 0 Å². The van der Waals surface area contributed by atoms with Gasteiger partial charge in [-0.2, -0.15) is 0 Å². The summed E-state index contributed by atoms with van der Waals surface area (Å²) in [4.78, 5) is 20.3. The molecule has 3 N–H and O–H groups in total. The van der Waals surface area contributed by atoms with Crippen LogP contribution in [0.4, 0.5) is 0 Å². The molecule has 0 amide bonds. The van der Waals surface area contributed by atoms with Gasteiger partial charge in [0, 0.05) is 0 Å². The van der Waals surface area contributed by atoms with Gasteiger partial charge in [0.25, 0.3) is 0 Å². The molecule has 1 atom stereocenters. The van der Waals surface area contributed by atoms with Crippen LogP contribution in [0.2, 0.25) is 51.9 Å². The molecule has 0 aromatic heterocycles. The van der Waals surface area contributed by atoms with Gasteiger partial charge < -0.3 is 27.3 Å². The Hall–Kier alpha value is 0.628. The van der Waals surface area contributed by atoms with E-state index in [2.05, 4.69) is 12.2 Å². The maximum atomic E-state index is 10.2. The zero-order chi connectivity index (χ0) is 18.4. The second kappa shape index (κ2) is 15.5. The Labute approximate surface area is 176 Å². The minimum Gasteiger partial charge on any atom is -0.416 e. The van der Waals surface area contributed by atoms with Gasteiger partial charge in [0.05, 0.1) is 0 Å². The van der Waals surface area contributed by atoms with Crippen LogP contribution in [0.15, 0.2) is 0 Å². The summed E-state index contributed by atoms with van der Waals surface area (Å²) in [7, 11) is -10.4. The summed E-state index contributed by atoms with van der Waals surface area (Å²) in [6.45, 7) is 16.9. The Morgan fingerprint density at radius 2 is 1.15 bits per heavy atom. The van der Waals surface area contributed by atoms with Gasteiger partial charge in [0.1, 0.15) is 0 Å². The van der Waals surface area contributed by atoms with Crippen LogP contribution in [-0.2, 0) is 12.3 Å². The topological polar surface area (TPSA) is 80.2 Å². The highest BCUT2D eigenvalue weighted by molar-refractivity contribution is 6.87. The lowest BCUT2D eigenvalue weighted by molar-refractivity contribution is 0.272. The van der Waals surface area contributed by atoms with Gasteiger partial charge in [0.15, 0.2) is 0 Å². The number of hydrogen-bond donors (Lipinski definition) is 3. The smallest absolute Gasteiger partial charge is 0.320 e. The lowest BCUT2D eigenvalue weighted by Crippen LogP contribution is -2.58. The summed E-state index contributed by atoms with van der Waals surface area (Å²) in [5.74, 6) is 0. The predicted molar refractivity (Wildman–Crippen MR) is 131 cm³/mol. The lowest BCUT2D eigenvalue weighted by Gasteiger charge is -2.40. The van der Waals surface area contributed by atoms with Crippen molar-refractivity contribution < 1.29 is 21.9 Å². The van der Waals surface area contributed by atoms with Crippen molar-refractivity contribution in [3.8, 4) is 0 Å². The van der Waals surface area contributed by atoms with E-state index in [9.17, 15) is 9.59 Å². The molecule has 0 aliphatic carbocycles. The van der Waals surface area contributed by atoms with Crippen LogP contribution in [0.1, 0.15) is 49.5 Å². The van der Waals surface area contributed by atoms with E-state index in [0.29, 0.717) is 0 Å². The molecule has 0 saturated heterocycles. The van der Waals surface area contributed by atoms with E-state index in [0.717, 1.165) is 32.0 Å². The Bertz CT molecular complexity index is 349. The van der Waals surface area contributed by atoms with Crippen LogP contribution < -0.4 is 5.32 Å². The number of hydrogen-bond acceptors (Lipinski definition) is 6. The van der Waals surface area contributed by atoms with Crippen molar-refractivity contribution in [1.82, 2.24) is 5.32 Å². The van der Waals surface area contributed by atoms with Crippen LogP contribution >= 0.6 is 0 Å². The summed E-state index contributed by atoms with van der Waals surface area (Å²) in [5, 5.41) is 3.38. The first-order valence-corrected chi connectivity index (χ1v) is 19.5. The largest absolute Gasteiger partial charge is 0.416 e. The fourth-order valence-corrected chi connectivity index (χ4v) is 18.5. The van der Waals surface area contributed by atoms with Gasteiger partial charge in [0.2, 0.25) is 0 Å². The SMILES string of the molecule is C.C.C.C.CCCNCCC[Si@@](C)(O[Si](C)(C)O)O[Si](C)(C)O[Si](C)(C)O. The quantitative estimate of drug-likeness (QED) is 0.275. The van der Waals surface area contributed by atoms with Gasteiger partial charge in [-0.1, -0.05) is 36.6 Å². The minimum absolute atomic E-state index is 0. The van der Waals surface area contributed by atoms with Crippen LogP contribution in [0.5, 0.6) is 0 Å². The maximum Gasteiger partial charge on any atom is 0.320 e. The number of rotatable bonds is 12. The summed E-state index contributed by atoms with van der Waals surface area (Å²) in [5.41, 5.74) is 0. The molecule has 0 fully saturated rings. The Balaban J connectivity index is -0.000000403. The van der Waals surface area contributed by atoms with Crippen molar-refractivity contribution in [2.24, 2.45) is 0 Å². The van der Waals surface area contributed by atoms with Crippen molar-refractivity contribution in [1.29, 1.82) is 0 Å². The van der Waals surface area contributed by atoms with E-state index in [1.54, 1.807) is 26.2 Å². The van der Waals surface area contributed by atoms with Crippen LogP contribution in [-0.4, -0.2) is 56.9 Å². The summed E-state index contributed by atoms with van der Waals surface area (Å²) in [6.07, 6.45) is 2.06. The molecular formula is C17H53NO5Si4. The first-order valence-electron chi connectivity index (χ1n) is 8.44. The average molecular weight is 464 g/mol. The summed E-state index contributed by atoms with van der Waals surface area (Å²) < 4.78 is 18.3. The second-order valence-electron chi connectivity index (χ2n) is 7.59. The molecule has 0 spiro atoms. The molecule has 0 unspecified atom stereocenters. The third-order valence-electron chi connectivity index (χ3n) is 2.83. The lowest BCUT2D eigenvalue weighted by atomic mass is 10.4. The molecule has 6 nitrogen and oxygen atoms in total. The molecule has 0 aliphatic heterocycles. The molecule has 0 aromatic carbocycles. The molecule has 0 radical (unpaired) electrons.